The van der Waals surface area contributed by atoms with Crippen molar-refractivity contribution in [2.45, 2.75) is 6.54 Å². The van der Waals surface area contributed by atoms with Gasteiger partial charge in [-0.2, -0.15) is 0 Å². The number of benzene rings is 1. The maximum absolute atomic E-state index is 10.6. The lowest BCUT2D eigenvalue weighted by Gasteiger charge is -1.96. The van der Waals surface area contributed by atoms with Crippen molar-refractivity contribution >= 4 is 17.0 Å². The highest BCUT2D eigenvalue weighted by Gasteiger charge is 2.08. The Kier molecular flexibility index (Phi) is 2.98. The van der Waals surface area contributed by atoms with E-state index in [0.29, 0.717) is 6.54 Å². The molecule has 0 aliphatic carbocycles. The van der Waals surface area contributed by atoms with Crippen molar-refractivity contribution in [1.29, 1.82) is 0 Å². The van der Waals surface area contributed by atoms with E-state index in [0.717, 1.165) is 16.0 Å². The van der Waals surface area contributed by atoms with Gasteiger partial charge in [0.2, 0.25) is 0 Å². The first-order valence-corrected chi connectivity index (χ1v) is 5.61. The molecule has 0 amide bonds. The molecule has 0 aliphatic heterocycles. The molecule has 2 rings (SSSR count). The van der Waals surface area contributed by atoms with E-state index in [-0.39, 0.29) is 10.6 Å². The Labute approximate surface area is 96.5 Å². The van der Waals surface area contributed by atoms with Gasteiger partial charge in [-0.3, -0.25) is 10.1 Å². The molecule has 16 heavy (non-hydrogen) atoms. The van der Waals surface area contributed by atoms with Gasteiger partial charge in [0.05, 0.1) is 4.92 Å². The standard InChI is InChI=1S/C11H10N2O2S/c12-6-8-4-11(16-7-8)9-2-1-3-10(5-9)13(14)15/h1-5,7H,6,12H2. The molecular weight excluding hydrogens is 224 g/mol. The van der Waals surface area contributed by atoms with E-state index in [1.165, 1.54) is 6.07 Å². The summed E-state index contributed by atoms with van der Waals surface area (Å²) >= 11 is 1.55. The summed E-state index contributed by atoms with van der Waals surface area (Å²) < 4.78 is 0. The first-order chi connectivity index (χ1) is 7.70. The SMILES string of the molecule is NCc1csc(-c2cccc([N+](=O)[O-])c2)c1. The van der Waals surface area contributed by atoms with Crippen LogP contribution in [0.4, 0.5) is 5.69 Å². The minimum atomic E-state index is -0.388. The molecule has 1 aromatic heterocycles. The number of hydrogen-bond donors (Lipinski definition) is 1. The molecule has 82 valence electrons. The number of non-ortho nitro benzene ring substituents is 1. The number of nitrogens with two attached hydrogens (primary N) is 1. The number of nitro groups is 1. The van der Waals surface area contributed by atoms with E-state index in [1.54, 1.807) is 23.5 Å². The van der Waals surface area contributed by atoms with Crippen LogP contribution in [-0.2, 0) is 6.54 Å². The predicted molar refractivity (Wildman–Crippen MR) is 64.3 cm³/mol. The Morgan fingerprint density at radius 3 is 2.81 bits per heavy atom. The molecular formula is C11H10N2O2S. The molecule has 2 aromatic rings. The maximum atomic E-state index is 10.6. The highest BCUT2D eigenvalue weighted by molar-refractivity contribution is 7.13. The van der Waals surface area contributed by atoms with E-state index in [1.807, 2.05) is 17.5 Å². The molecule has 1 heterocycles. The molecule has 0 bridgehead atoms. The number of hydrogen-bond acceptors (Lipinski definition) is 4. The summed E-state index contributed by atoms with van der Waals surface area (Å²) in [6.45, 7) is 0.491. The third-order valence-electron chi connectivity index (χ3n) is 2.23. The van der Waals surface area contributed by atoms with Gasteiger partial charge in [-0.1, -0.05) is 12.1 Å². The zero-order valence-corrected chi connectivity index (χ0v) is 9.24. The smallest absolute Gasteiger partial charge is 0.270 e. The highest BCUT2D eigenvalue weighted by Crippen LogP contribution is 2.29. The molecule has 0 unspecified atom stereocenters. The molecule has 0 spiro atoms. The fourth-order valence-electron chi connectivity index (χ4n) is 1.41. The van der Waals surface area contributed by atoms with Gasteiger partial charge >= 0.3 is 0 Å². The minimum Gasteiger partial charge on any atom is -0.326 e. The van der Waals surface area contributed by atoms with E-state index in [4.69, 9.17) is 5.73 Å². The third-order valence-corrected chi connectivity index (χ3v) is 3.26. The first kappa shape index (κ1) is 10.8. The Balaban J connectivity index is 2.40. The lowest BCUT2D eigenvalue weighted by molar-refractivity contribution is -0.384. The van der Waals surface area contributed by atoms with Crippen LogP contribution >= 0.6 is 11.3 Å². The molecule has 1 aromatic carbocycles. The van der Waals surface area contributed by atoms with Crippen molar-refractivity contribution in [2.75, 3.05) is 0 Å². The van der Waals surface area contributed by atoms with E-state index >= 15 is 0 Å². The number of nitrogens with zero attached hydrogens (tertiary/aromatic N) is 1. The number of thiophene rings is 1. The van der Waals surface area contributed by atoms with Crippen LogP contribution in [0.5, 0.6) is 0 Å². The molecule has 2 N–H and O–H groups in total. The Hall–Kier alpha value is -1.72. The summed E-state index contributed by atoms with van der Waals surface area (Å²) in [4.78, 5) is 11.3. The van der Waals surface area contributed by atoms with Crippen molar-refractivity contribution in [1.82, 2.24) is 0 Å². The van der Waals surface area contributed by atoms with Crippen LogP contribution in [0.1, 0.15) is 5.56 Å². The zero-order chi connectivity index (χ0) is 11.5. The lowest BCUT2D eigenvalue weighted by Crippen LogP contribution is -1.92. The van der Waals surface area contributed by atoms with Crippen molar-refractivity contribution < 1.29 is 4.92 Å². The van der Waals surface area contributed by atoms with Gasteiger partial charge in [0.15, 0.2) is 0 Å². The van der Waals surface area contributed by atoms with E-state index in [9.17, 15) is 10.1 Å². The van der Waals surface area contributed by atoms with Gasteiger partial charge in [0, 0.05) is 23.6 Å². The van der Waals surface area contributed by atoms with Gasteiger partial charge in [-0.15, -0.1) is 11.3 Å². The second-order valence-electron chi connectivity index (χ2n) is 3.33. The maximum Gasteiger partial charge on any atom is 0.270 e. The monoisotopic (exact) mass is 234 g/mol. The van der Waals surface area contributed by atoms with Crippen LogP contribution in [-0.4, -0.2) is 4.92 Å². The first-order valence-electron chi connectivity index (χ1n) is 4.73. The molecule has 5 heteroatoms. The quantitative estimate of drug-likeness (QED) is 0.655. The lowest BCUT2D eigenvalue weighted by atomic mass is 10.1. The highest BCUT2D eigenvalue weighted by atomic mass is 32.1. The summed E-state index contributed by atoms with van der Waals surface area (Å²) in [5, 5.41) is 12.6. The normalized spacial score (nSPS) is 10.3. The van der Waals surface area contributed by atoms with Crippen molar-refractivity contribution in [3.8, 4) is 10.4 Å². The number of rotatable bonds is 3. The summed E-state index contributed by atoms with van der Waals surface area (Å²) in [7, 11) is 0. The van der Waals surface area contributed by atoms with Gasteiger partial charge < -0.3 is 5.73 Å². The van der Waals surface area contributed by atoms with Crippen LogP contribution in [0.2, 0.25) is 0 Å². The second kappa shape index (κ2) is 4.42. The fraction of sp³-hybridized carbons (Fsp3) is 0.0909. The third kappa shape index (κ3) is 2.10. The van der Waals surface area contributed by atoms with Crippen molar-refractivity contribution in [3.05, 3.63) is 51.4 Å². The Morgan fingerprint density at radius 1 is 1.38 bits per heavy atom. The average Bonchev–Trinajstić information content (AvgIpc) is 2.77. The van der Waals surface area contributed by atoms with E-state index < -0.39 is 0 Å². The molecule has 0 aliphatic rings. The Morgan fingerprint density at radius 2 is 2.19 bits per heavy atom. The topological polar surface area (TPSA) is 69.2 Å². The summed E-state index contributed by atoms with van der Waals surface area (Å²) in [6, 6.07) is 8.57. The van der Waals surface area contributed by atoms with Crippen LogP contribution in [0.25, 0.3) is 10.4 Å². The molecule has 0 saturated carbocycles. The summed E-state index contributed by atoms with van der Waals surface area (Å²) in [5.74, 6) is 0. The molecule has 0 radical (unpaired) electrons. The van der Waals surface area contributed by atoms with Gasteiger partial charge in [-0.05, 0) is 22.6 Å². The molecule has 4 nitrogen and oxygen atoms in total. The van der Waals surface area contributed by atoms with Crippen LogP contribution in [0.3, 0.4) is 0 Å². The molecule has 0 atom stereocenters. The van der Waals surface area contributed by atoms with Gasteiger partial charge in [-0.25, -0.2) is 0 Å². The average molecular weight is 234 g/mol. The molecule has 0 fully saturated rings. The number of nitro benzene ring substituents is 1. The zero-order valence-electron chi connectivity index (χ0n) is 8.42. The van der Waals surface area contributed by atoms with Crippen LogP contribution < -0.4 is 5.73 Å². The molecule has 0 saturated heterocycles. The second-order valence-corrected chi connectivity index (χ2v) is 4.24. The fourth-order valence-corrected chi connectivity index (χ4v) is 2.33. The van der Waals surface area contributed by atoms with Crippen molar-refractivity contribution in [3.63, 3.8) is 0 Å². The van der Waals surface area contributed by atoms with Gasteiger partial charge in [0.1, 0.15) is 0 Å². The Bertz CT molecular complexity index is 522. The van der Waals surface area contributed by atoms with Crippen molar-refractivity contribution in [2.24, 2.45) is 5.73 Å². The largest absolute Gasteiger partial charge is 0.326 e. The van der Waals surface area contributed by atoms with Crippen LogP contribution in [0, 0.1) is 10.1 Å². The van der Waals surface area contributed by atoms with Gasteiger partial charge in [0.25, 0.3) is 5.69 Å². The summed E-state index contributed by atoms with van der Waals surface area (Å²) in [6.07, 6.45) is 0. The van der Waals surface area contributed by atoms with Crippen LogP contribution in [0.15, 0.2) is 35.7 Å². The predicted octanol–water partition coefficient (Wildman–Crippen LogP) is 2.78. The van der Waals surface area contributed by atoms with E-state index in [2.05, 4.69) is 0 Å². The minimum absolute atomic E-state index is 0.111. The summed E-state index contributed by atoms with van der Waals surface area (Å²) in [5.41, 5.74) is 7.54.